The molecule has 0 aliphatic carbocycles. The summed E-state index contributed by atoms with van der Waals surface area (Å²) in [6.45, 7) is 6.73. The summed E-state index contributed by atoms with van der Waals surface area (Å²) in [5, 5.41) is 2.87. The average Bonchev–Trinajstić information content (AvgIpc) is 2.44. The van der Waals surface area contributed by atoms with Crippen LogP contribution in [0.4, 0.5) is 4.79 Å². The van der Waals surface area contributed by atoms with E-state index in [-0.39, 0.29) is 12.0 Å². The number of methoxy groups -OCH3 is 2. The molecule has 6 heteroatoms. The maximum Gasteiger partial charge on any atom is 0.407 e. The van der Waals surface area contributed by atoms with E-state index < -0.39 is 6.09 Å². The molecular formula is C14H26N2O4. The fourth-order valence-corrected chi connectivity index (χ4v) is 2.58. The summed E-state index contributed by atoms with van der Waals surface area (Å²) in [6.07, 6.45) is 0.931. The van der Waals surface area contributed by atoms with E-state index in [9.17, 15) is 9.59 Å². The quantitative estimate of drug-likeness (QED) is 0.770. The molecule has 1 aliphatic heterocycles. The van der Waals surface area contributed by atoms with E-state index in [0.29, 0.717) is 24.8 Å². The summed E-state index contributed by atoms with van der Waals surface area (Å²) >= 11 is 0. The van der Waals surface area contributed by atoms with E-state index in [1.54, 1.807) is 0 Å². The zero-order valence-corrected chi connectivity index (χ0v) is 12.8. The molecule has 1 saturated heterocycles. The molecular weight excluding hydrogens is 260 g/mol. The molecule has 0 spiro atoms. The van der Waals surface area contributed by atoms with Gasteiger partial charge in [-0.05, 0) is 18.3 Å². The van der Waals surface area contributed by atoms with Gasteiger partial charge in [0, 0.05) is 25.7 Å². The first-order chi connectivity index (χ1) is 9.46. The Morgan fingerprint density at radius 3 is 2.50 bits per heavy atom. The zero-order valence-electron chi connectivity index (χ0n) is 12.8. The van der Waals surface area contributed by atoms with Crippen molar-refractivity contribution in [3.63, 3.8) is 0 Å². The summed E-state index contributed by atoms with van der Waals surface area (Å²) in [7, 11) is 2.77. The van der Waals surface area contributed by atoms with E-state index >= 15 is 0 Å². The standard InChI is InChI=1S/C14H26N2O4/c1-10(2)11-7-12(15-14(18)20-4)9-16(8-11)6-5-13(17)19-3/h10-12H,5-9H2,1-4H3,(H,15,18). The molecule has 0 aromatic heterocycles. The van der Waals surface area contributed by atoms with Gasteiger partial charge in [0.1, 0.15) is 0 Å². The van der Waals surface area contributed by atoms with Crippen LogP contribution in [0, 0.1) is 11.8 Å². The van der Waals surface area contributed by atoms with Crippen LogP contribution in [0.1, 0.15) is 26.7 Å². The first-order valence-electron chi connectivity index (χ1n) is 7.09. The zero-order chi connectivity index (χ0) is 15.1. The number of hydrogen-bond donors (Lipinski definition) is 1. The molecule has 2 unspecified atom stereocenters. The summed E-state index contributed by atoms with van der Waals surface area (Å²) in [6, 6.07) is 0.0706. The number of amides is 1. The van der Waals surface area contributed by atoms with Crippen molar-refractivity contribution in [2.75, 3.05) is 33.9 Å². The van der Waals surface area contributed by atoms with Crippen LogP contribution in [0.3, 0.4) is 0 Å². The van der Waals surface area contributed by atoms with Crippen molar-refractivity contribution < 1.29 is 19.1 Å². The highest BCUT2D eigenvalue weighted by atomic mass is 16.5. The molecule has 1 fully saturated rings. The molecule has 1 aliphatic rings. The lowest BCUT2D eigenvalue weighted by atomic mass is 9.85. The molecule has 1 N–H and O–H groups in total. The Bertz CT molecular complexity index is 333. The number of piperidine rings is 1. The van der Waals surface area contributed by atoms with Crippen LogP contribution in [0.15, 0.2) is 0 Å². The maximum atomic E-state index is 11.3. The van der Waals surface area contributed by atoms with Crippen molar-refractivity contribution in [3.8, 4) is 0 Å². The maximum absolute atomic E-state index is 11.3. The van der Waals surface area contributed by atoms with Crippen molar-refractivity contribution in [2.45, 2.75) is 32.7 Å². The van der Waals surface area contributed by atoms with Gasteiger partial charge in [-0.25, -0.2) is 4.79 Å². The molecule has 0 aromatic rings. The van der Waals surface area contributed by atoms with E-state index in [2.05, 4.69) is 33.5 Å². The van der Waals surface area contributed by atoms with Crippen molar-refractivity contribution in [3.05, 3.63) is 0 Å². The van der Waals surface area contributed by atoms with Crippen molar-refractivity contribution in [2.24, 2.45) is 11.8 Å². The van der Waals surface area contributed by atoms with Gasteiger partial charge in [-0.1, -0.05) is 13.8 Å². The minimum atomic E-state index is -0.396. The lowest BCUT2D eigenvalue weighted by Crippen LogP contribution is -2.52. The summed E-state index contributed by atoms with van der Waals surface area (Å²) in [5.74, 6) is 0.843. The second-order valence-electron chi connectivity index (χ2n) is 5.66. The number of rotatable bonds is 5. The molecule has 0 aromatic carbocycles. The Labute approximate surface area is 120 Å². The molecule has 0 saturated carbocycles. The number of likely N-dealkylation sites (tertiary alicyclic amines) is 1. The lowest BCUT2D eigenvalue weighted by Gasteiger charge is -2.39. The molecule has 1 heterocycles. The third-order valence-corrected chi connectivity index (χ3v) is 3.87. The van der Waals surface area contributed by atoms with E-state index in [4.69, 9.17) is 0 Å². The van der Waals surface area contributed by atoms with Crippen LogP contribution in [0.2, 0.25) is 0 Å². The number of carbonyl (C=O) groups excluding carboxylic acids is 2. The van der Waals surface area contributed by atoms with Crippen molar-refractivity contribution in [1.82, 2.24) is 10.2 Å². The van der Waals surface area contributed by atoms with Crippen LogP contribution >= 0.6 is 0 Å². The van der Waals surface area contributed by atoms with Gasteiger partial charge in [-0.2, -0.15) is 0 Å². The predicted octanol–water partition coefficient (Wildman–Crippen LogP) is 1.25. The molecule has 1 rings (SSSR count). The smallest absolute Gasteiger partial charge is 0.407 e. The largest absolute Gasteiger partial charge is 0.469 e. The summed E-state index contributed by atoms with van der Waals surface area (Å²) in [5.41, 5.74) is 0. The summed E-state index contributed by atoms with van der Waals surface area (Å²) < 4.78 is 9.33. The SMILES string of the molecule is COC(=O)CCN1CC(NC(=O)OC)CC(C(C)C)C1. The van der Waals surface area contributed by atoms with Crippen LogP contribution in [0.5, 0.6) is 0 Å². The Hall–Kier alpha value is -1.30. The Kier molecular flexibility index (Phi) is 6.78. The molecule has 2 atom stereocenters. The third-order valence-electron chi connectivity index (χ3n) is 3.87. The number of carbonyl (C=O) groups is 2. The number of esters is 1. The van der Waals surface area contributed by atoms with Crippen LogP contribution in [0.25, 0.3) is 0 Å². The molecule has 116 valence electrons. The van der Waals surface area contributed by atoms with Gasteiger partial charge in [-0.15, -0.1) is 0 Å². The Morgan fingerprint density at radius 2 is 1.95 bits per heavy atom. The number of alkyl carbamates (subject to hydrolysis) is 1. The minimum Gasteiger partial charge on any atom is -0.469 e. The highest BCUT2D eigenvalue weighted by Gasteiger charge is 2.30. The lowest BCUT2D eigenvalue weighted by molar-refractivity contribution is -0.141. The van der Waals surface area contributed by atoms with Crippen molar-refractivity contribution >= 4 is 12.1 Å². The van der Waals surface area contributed by atoms with E-state index in [1.165, 1.54) is 14.2 Å². The van der Waals surface area contributed by atoms with Gasteiger partial charge in [0.2, 0.25) is 0 Å². The Balaban J connectivity index is 2.56. The summed E-state index contributed by atoms with van der Waals surface area (Å²) in [4.78, 5) is 24.8. The van der Waals surface area contributed by atoms with Crippen LogP contribution in [-0.2, 0) is 14.3 Å². The number of ether oxygens (including phenoxy) is 2. The number of nitrogens with one attached hydrogen (secondary N) is 1. The highest BCUT2D eigenvalue weighted by molar-refractivity contribution is 5.69. The normalized spacial score (nSPS) is 23.4. The average molecular weight is 286 g/mol. The minimum absolute atomic E-state index is 0.0706. The van der Waals surface area contributed by atoms with Gasteiger partial charge < -0.3 is 19.7 Å². The van der Waals surface area contributed by atoms with Crippen LogP contribution < -0.4 is 5.32 Å². The fraction of sp³-hybridized carbons (Fsp3) is 0.857. The fourth-order valence-electron chi connectivity index (χ4n) is 2.58. The first-order valence-corrected chi connectivity index (χ1v) is 7.09. The van der Waals surface area contributed by atoms with E-state index in [0.717, 1.165) is 19.5 Å². The monoisotopic (exact) mass is 286 g/mol. The molecule has 20 heavy (non-hydrogen) atoms. The van der Waals surface area contributed by atoms with Gasteiger partial charge >= 0.3 is 12.1 Å². The van der Waals surface area contributed by atoms with Crippen LogP contribution in [-0.4, -0.2) is 56.9 Å². The topological polar surface area (TPSA) is 67.9 Å². The molecule has 6 nitrogen and oxygen atoms in total. The predicted molar refractivity (Wildman–Crippen MR) is 75.3 cm³/mol. The van der Waals surface area contributed by atoms with Crippen molar-refractivity contribution in [1.29, 1.82) is 0 Å². The molecule has 0 bridgehead atoms. The highest BCUT2D eigenvalue weighted by Crippen LogP contribution is 2.24. The molecule has 0 radical (unpaired) electrons. The van der Waals surface area contributed by atoms with Gasteiger partial charge in [0.05, 0.1) is 20.6 Å². The van der Waals surface area contributed by atoms with Gasteiger partial charge in [0.15, 0.2) is 0 Å². The number of hydrogen-bond acceptors (Lipinski definition) is 5. The molecule has 1 amide bonds. The Morgan fingerprint density at radius 1 is 1.25 bits per heavy atom. The van der Waals surface area contributed by atoms with E-state index in [1.807, 2.05) is 0 Å². The number of nitrogens with zero attached hydrogens (tertiary/aromatic N) is 1. The first kappa shape index (κ1) is 16.8. The van der Waals surface area contributed by atoms with Gasteiger partial charge in [0.25, 0.3) is 0 Å². The second kappa shape index (κ2) is 8.09. The van der Waals surface area contributed by atoms with Gasteiger partial charge in [-0.3, -0.25) is 4.79 Å². The second-order valence-corrected chi connectivity index (χ2v) is 5.66. The third kappa shape index (κ3) is 5.36.